The van der Waals surface area contributed by atoms with E-state index in [1.165, 1.54) is 0 Å². The average Bonchev–Trinajstić information content (AvgIpc) is 2.60. The predicted octanol–water partition coefficient (Wildman–Crippen LogP) is 3.02. The van der Waals surface area contributed by atoms with Gasteiger partial charge in [0.25, 0.3) is 0 Å². The molecule has 134 valence electrons. The highest BCUT2D eigenvalue weighted by molar-refractivity contribution is 7.89. The van der Waals surface area contributed by atoms with E-state index in [9.17, 15) is 8.42 Å². The fraction of sp³-hybridized carbons (Fsp3) is 0.368. The summed E-state index contributed by atoms with van der Waals surface area (Å²) in [6.45, 7) is 7.27. The van der Waals surface area contributed by atoms with Crippen LogP contribution in [0.15, 0.2) is 47.4 Å². The second kappa shape index (κ2) is 6.69. The molecule has 2 aromatic carbocycles. The molecule has 0 atom stereocenters. The highest BCUT2D eigenvalue weighted by Crippen LogP contribution is 2.35. The number of sulfonamides is 1. The molecule has 1 heterocycles. The summed E-state index contributed by atoms with van der Waals surface area (Å²) in [5.74, 6) is 1.43. The number of hydrogen-bond acceptors (Lipinski definition) is 4. The van der Waals surface area contributed by atoms with Crippen molar-refractivity contribution in [1.29, 1.82) is 0 Å². The number of ether oxygens (including phenoxy) is 2. The first-order valence-corrected chi connectivity index (χ1v) is 9.73. The molecule has 0 fully saturated rings. The Balaban J connectivity index is 1.76. The van der Waals surface area contributed by atoms with E-state index < -0.39 is 15.4 Å². The average molecular weight is 361 g/mol. The van der Waals surface area contributed by atoms with E-state index in [1.54, 1.807) is 24.3 Å². The molecular weight excluding hydrogens is 338 g/mol. The van der Waals surface area contributed by atoms with Crippen LogP contribution >= 0.6 is 0 Å². The molecule has 0 radical (unpaired) electrons. The Morgan fingerprint density at radius 2 is 1.64 bits per heavy atom. The number of hydrogen-bond donors (Lipinski definition) is 1. The van der Waals surface area contributed by atoms with Crippen molar-refractivity contribution in [1.82, 2.24) is 4.72 Å². The Kier molecular flexibility index (Phi) is 4.75. The third-order valence-corrected chi connectivity index (χ3v) is 5.78. The predicted molar refractivity (Wildman–Crippen MR) is 96.8 cm³/mol. The van der Waals surface area contributed by atoms with Gasteiger partial charge in [0.1, 0.15) is 13.2 Å². The zero-order valence-electron chi connectivity index (χ0n) is 14.7. The molecule has 0 unspecified atom stereocenters. The minimum atomic E-state index is -3.54. The minimum absolute atomic E-state index is 0.274. The largest absolute Gasteiger partial charge is 0.486 e. The maximum Gasteiger partial charge on any atom is 0.240 e. The summed E-state index contributed by atoms with van der Waals surface area (Å²) in [5.41, 5.74) is 1.62. The van der Waals surface area contributed by atoms with Gasteiger partial charge in [-0.2, -0.15) is 0 Å². The first-order valence-electron chi connectivity index (χ1n) is 8.24. The Bertz CT molecular complexity index is 857. The first kappa shape index (κ1) is 17.8. The van der Waals surface area contributed by atoms with Crippen LogP contribution in [-0.2, 0) is 15.4 Å². The Labute approximate surface area is 149 Å². The number of fused-ring (bicyclic) bond motifs is 1. The molecule has 0 saturated carbocycles. The van der Waals surface area contributed by atoms with E-state index in [4.69, 9.17) is 9.47 Å². The van der Waals surface area contributed by atoms with E-state index in [1.807, 2.05) is 39.0 Å². The topological polar surface area (TPSA) is 64.6 Å². The molecule has 0 aliphatic carbocycles. The van der Waals surface area contributed by atoms with Crippen LogP contribution in [-0.4, -0.2) is 28.2 Å². The smallest absolute Gasteiger partial charge is 0.240 e. The molecule has 0 aromatic heterocycles. The van der Waals surface area contributed by atoms with Crippen molar-refractivity contribution in [3.8, 4) is 11.5 Å². The van der Waals surface area contributed by atoms with E-state index >= 15 is 0 Å². The molecule has 3 rings (SSSR count). The zero-order valence-corrected chi connectivity index (χ0v) is 15.5. The van der Waals surface area contributed by atoms with Crippen LogP contribution in [0.1, 0.15) is 25.0 Å². The lowest BCUT2D eigenvalue weighted by Crippen LogP contribution is -2.36. The maximum atomic E-state index is 12.5. The zero-order chi connectivity index (χ0) is 18.1. The van der Waals surface area contributed by atoms with Crippen molar-refractivity contribution >= 4 is 10.0 Å². The van der Waals surface area contributed by atoms with Crippen molar-refractivity contribution < 1.29 is 17.9 Å². The van der Waals surface area contributed by atoms with Crippen molar-refractivity contribution in [2.45, 2.75) is 31.1 Å². The molecular formula is C19H23NO4S. The summed E-state index contributed by atoms with van der Waals surface area (Å²) in [4.78, 5) is 0.274. The summed E-state index contributed by atoms with van der Waals surface area (Å²) < 4.78 is 38.9. The lowest BCUT2D eigenvalue weighted by Gasteiger charge is -2.27. The van der Waals surface area contributed by atoms with Gasteiger partial charge in [-0.15, -0.1) is 0 Å². The van der Waals surface area contributed by atoms with E-state index in [0.717, 1.165) is 16.9 Å². The third kappa shape index (κ3) is 3.96. The van der Waals surface area contributed by atoms with Gasteiger partial charge < -0.3 is 9.47 Å². The molecule has 1 N–H and O–H groups in total. The monoisotopic (exact) mass is 361 g/mol. The summed E-state index contributed by atoms with van der Waals surface area (Å²) in [7, 11) is -3.54. The molecule has 1 aliphatic rings. The lowest BCUT2D eigenvalue weighted by molar-refractivity contribution is 0.171. The molecule has 0 bridgehead atoms. The van der Waals surface area contributed by atoms with Gasteiger partial charge in [0.05, 0.1) is 4.90 Å². The van der Waals surface area contributed by atoms with Crippen LogP contribution in [0.2, 0.25) is 0 Å². The van der Waals surface area contributed by atoms with Gasteiger partial charge in [-0.3, -0.25) is 0 Å². The quantitative estimate of drug-likeness (QED) is 0.889. The second-order valence-corrected chi connectivity index (χ2v) is 8.65. The van der Waals surface area contributed by atoms with E-state index in [2.05, 4.69) is 4.72 Å². The minimum Gasteiger partial charge on any atom is -0.486 e. The summed E-state index contributed by atoms with van der Waals surface area (Å²) in [6.07, 6.45) is 0. The van der Waals surface area contributed by atoms with Crippen LogP contribution in [0.5, 0.6) is 11.5 Å². The van der Waals surface area contributed by atoms with Gasteiger partial charge in [0, 0.05) is 12.0 Å². The van der Waals surface area contributed by atoms with Crippen LogP contribution < -0.4 is 14.2 Å². The van der Waals surface area contributed by atoms with Gasteiger partial charge >= 0.3 is 0 Å². The molecule has 0 spiro atoms. The molecule has 25 heavy (non-hydrogen) atoms. The molecule has 0 amide bonds. The van der Waals surface area contributed by atoms with Gasteiger partial charge in [-0.05, 0) is 36.8 Å². The van der Waals surface area contributed by atoms with Gasteiger partial charge in [0.2, 0.25) is 10.0 Å². The van der Waals surface area contributed by atoms with Crippen LogP contribution in [0.3, 0.4) is 0 Å². The molecule has 5 nitrogen and oxygen atoms in total. The normalized spacial score (nSPS) is 14.4. The highest BCUT2D eigenvalue weighted by atomic mass is 32.2. The number of aryl methyl sites for hydroxylation is 1. The standard InChI is InChI=1S/C19H23NO4S/c1-14-4-7-16(8-5-14)25(21,22)20-13-19(2,3)15-6-9-17-18(12-15)24-11-10-23-17/h4-9,12,20H,10-11,13H2,1-3H3. The first-order chi connectivity index (χ1) is 11.8. The van der Waals surface area contributed by atoms with Crippen LogP contribution in [0, 0.1) is 6.92 Å². The highest BCUT2D eigenvalue weighted by Gasteiger charge is 2.26. The summed E-state index contributed by atoms with van der Waals surface area (Å²) in [5, 5.41) is 0. The second-order valence-electron chi connectivity index (χ2n) is 6.88. The van der Waals surface area contributed by atoms with E-state index in [-0.39, 0.29) is 11.4 Å². The molecule has 1 aliphatic heterocycles. The van der Waals surface area contributed by atoms with E-state index in [0.29, 0.717) is 19.0 Å². The SMILES string of the molecule is Cc1ccc(S(=O)(=O)NCC(C)(C)c2ccc3c(c2)OCCO3)cc1. The summed E-state index contributed by atoms with van der Waals surface area (Å²) >= 11 is 0. The number of benzene rings is 2. The maximum absolute atomic E-state index is 12.5. The van der Waals surface area contributed by atoms with Gasteiger partial charge in [0.15, 0.2) is 11.5 Å². The van der Waals surface area contributed by atoms with Crippen molar-refractivity contribution in [2.24, 2.45) is 0 Å². The molecule has 2 aromatic rings. The number of rotatable bonds is 5. The number of nitrogens with one attached hydrogen (secondary N) is 1. The van der Waals surface area contributed by atoms with Crippen molar-refractivity contribution in [3.63, 3.8) is 0 Å². The van der Waals surface area contributed by atoms with Gasteiger partial charge in [-0.1, -0.05) is 37.6 Å². The van der Waals surface area contributed by atoms with Gasteiger partial charge in [-0.25, -0.2) is 13.1 Å². The third-order valence-electron chi connectivity index (χ3n) is 4.36. The molecule has 6 heteroatoms. The van der Waals surface area contributed by atoms with Crippen LogP contribution in [0.25, 0.3) is 0 Å². The molecule has 0 saturated heterocycles. The van der Waals surface area contributed by atoms with Crippen molar-refractivity contribution in [3.05, 3.63) is 53.6 Å². The fourth-order valence-electron chi connectivity index (χ4n) is 2.64. The lowest BCUT2D eigenvalue weighted by atomic mass is 9.84. The summed E-state index contributed by atoms with van der Waals surface area (Å²) in [6, 6.07) is 12.6. The Hall–Kier alpha value is -2.05. The Morgan fingerprint density at radius 1 is 1.00 bits per heavy atom. The Morgan fingerprint density at radius 3 is 2.32 bits per heavy atom. The van der Waals surface area contributed by atoms with Crippen molar-refractivity contribution in [2.75, 3.05) is 19.8 Å². The van der Waals surface area contributed by atoms with Crippen LogP contribution in [0.4, 0.5) is 0 Å². The fourth-order valence-corrected chi connectivity index (χ4v) is 3.85.